The van der Waals surface area contributed by atoms with Crippen LogP contribution < -0.4 is 11.3 Å². The van der Waals surface area contributed by atoms with Gasteiger partial charge in [-0.1, -0.05) is 0 Å². The second-order valence-corrected chi connectivity index (χ2v) is 5.68. The third-order valence-electron chi connectivity index (χ3n) is 2.43. The van der Waals surface area contributed by atoms with E-state index in [0.717, 1.165) is 0 Å². The molecule has 1 amide bonds. The van der Waals surface area contributed by atoms with Crippen molar-refractivity contribution in [3.8, 4) is 0 Å². The molecule has 0 radical (unpaired) electrons. The van der Waals surface area contributed by atoms with Crippen molar-refractivity contribution >= 4 is 15.9 Å². The lowest BCUT2D eigenvalue weighted by atomic mass is 10.2. The maximum absolute atomic E-state index is 11.4. The fourth-order valence-corrected chi connectivity index (χ4v) is 3.15. The highest BCUT2D eigenvalue weighted by atomic mass is 32.2. The Morgan fingerprint density at radius 1 is 1.40 bits per heavy atom. The first-order valence-electron chi connectivity index (χ1n) is 5.03. The fourth-order valence-electron chi connectivity index (χ4n) is 1.59. The Balaban J connectivity index is 2.18. The summed E-state index contributed by atoms with van der Waals surface area (Å²) in [6.07, 6.45) is 2.43. The number of nitrogens with one attached hydrogen (secondary N) is 1. The highest BCUT2D eigenvalue weighted by Gasteiger charge is 2.27. The Morgan fingerprint density at radius 3 is 2.67 bits per heavy atom. The van der Waals surface area contributed by atoms with Gasteiger partial charge in [0.05, 0.1) is 5.75 Å². The Hall–Kier alpha value is -0.660. The number of sulfonamides is 1. The molecule has 1 aliphatic rings. The monoisotopic (exact) mass is 235 g/mol. The second-order valence-electron chi connectivity index (χ2n) is 3.59. The van der Waals surface area contributed by atoms with Crippen LogP contribution in [0.1, 0.15) is 25.7 Å². The zero-order chi connectivity index (χ0) is 11.3. The van der Waals surface area contributed by atoms with Crippen LogP contribution >= 0.6 is 0 Å². The first-order valence-corrected chi connectivity index (χ1v) is 6.64. The molecule has 1 aliphatic heterocycles. The van der Waals surface area contributed by atoms with Crippen LogP contribution in [0.15, 0.2) is 0 Å². The van der Waals surface area contributed by atoms with E-state index in [2.05, 4.69) is 0 Å². The number of rotatable bonds is 5. The van der Waals surface area contributed by atoms with Crippen LogP contribution in [0.2, 0.25) is 0 Å². The molecule has 88 valence electrons. The number of hydrogen-bond acceptors (Lipinski definition) is 4. The molecule has 0 saturated carbocycles. The molecule has 7 heteroatoms. The summed E-state index contributed by atoms with van der Waals surface area (Å²) in [6.45, 7) is 1.13. The number of hydrogen-bond donors (Lipinski definition) is 2. The fraction of sp³-hybridized carbons (Fsp3) is 0.875. The van der Waals surface area contributed by atoms with E-state index >= 15 is 0 Å². The maximum atomic E-state index is 11.4. The number of carbonyl (C=O) groups excluding carboxylic acids is 1. The topological polar surface area (TPSA) is 92.5 Å². The quantitative estimate of drug-likeness (QED) is 0.282. The molecule has 0 unspecified atom stereocenters. The Morgan fingerprint density at radius 2 is 2.13 bits per heavy atom. The normalized spacial score (nSPS) is 20.3. The molecule has 0 aromatic rings. The summed E-state index contributed by atoms with van der Waals surface area (Å²) in [5.74, 6) is 4.96. The lowest BCUT2D eigenvalue weighted by molar-refractivity contribution is -0.121. The molecular weight excluding hydrogens is 218 g/mol. The minimum Gasteiger partial charge on any atom is -0.294 e. The van der Waals surface area contributed by atoms with Crippen LogP contribution in [0, 0.1) is 0 Å². The van der Waals surface area contributed by atoms with E-state index in [1.165, 1.54) is 4.31 Å². The highest BCUT2D eigenvalue weighted by molar-refractivity contribution is 7.89. The van der Waals surface area contributed by atoms with Crippen molar-refractivity contribution < 1.29 is 13.2 Å². The Bertz CT molecular complexity index is 315. The molecule has 15 heavy (non-hydrogen) atoms. The van der Waals surface area contributed by atoms with Crippen molar-refractivity contribution in [2.75, 3.05) is 18.8 Å². The van der Waals surface area contributed by atoms with Crippen molar-refractivity contribution in [1.82, 2.24) is 9.73 Å². The van der Waals surface area contributed by atoms with E-state index in [0.29, 0.717) is 38.8 Å². The van der Waals surface area contributed by atoms with Crippen LogP contribution in [0.25, 0.3) is 0 Å². The highest BCUT2D eigenvalue weighted by Crippen LogP contribution is 2.14. The summed E-state index contributed by atoms with van der Waals surface area (Å²) >= 11 is 0. The average molecular weight is 235 g/mol. The smallest absolute Gasteiger partial charge is 0.233 e. The molecule has 0 bridgehead atoms. The molecule has 1 fully saturated rings. The van der Waals surface area contributed by atoms with E-state index in [9.17, 15) is 13.2 Å². The number of amides is 1. The van der Waals surface area contributed by atoms with Crippen LogP contribution in [-0.2, 0) is 14.8 Å². The lowest BCUT2D eigenvalue weighted by Gasteiger charge is -2.13. The molecule has 0 aromatic carbocycles. The third-order valence-corrected chi connectivity index (χ3v) is 4.38. The SMILES string of the molecule is NNC(=O)CCCCN1CCCS1(=O)=O. The van der Waals surface area contributed by atoms with Gasteiger partial charge >= 0.3 is 0 Å². The van der Waals surface area contributed by atoms with Gasteiger partial charge < -0.3 is 0 Å². The first-order chi connectivity index (χ1) is 7.06. The van der Waals surface area contributed by atoms with Gasteiger partial charge in [0.2, 0.25) is 15.9 Å². The van der Waals surface area contributed by atoms with Gasteiger partial charge in [-0.2, -0.15) is 0 Å². The van der Waals surface area contributed by atoms with Gasteiger partial charge in [-0.3, -0.25) is 10.2 Å². The second kappa shape index (κ2) is 5.43. The summed E-state index contributed by atoms with van der Waals surface area (Å²) in [4.78, 5) is 10.8. The molecule has 0 aliphatic carbocycles. The van der Waals surface area contributed by atoms with E-state index in [1.54, 1.807) is 0 Å². The number of nitrogens with zero attached hydrogens (tertiary/aromatic N) is 1. The number of hydrazine groups is 1. The van der Waals surface area contributed by atoms with Crippen LogP contribution in [0.5, 0.6) is 0 Å². The van der Waals surface area contributed by atoms with Gasteiger partial charge in [0.15, 0.2) is 0 Å². The summed E-state index contributed by atoms with van der Waals surface area (Å²) in [5.41, 5.74) is 2.04. The van der Waals surface area contributed by atoms with Crippen molar-refractivity contribution in [2.45, 2.75) is 25.7 Å². The minimum atomic E-state index is -2.99. The third kappa shape index (κ3) is 3.77. The van der Waals surface area contributed by atoms with Gasteiger partial charge in [-0.15, -0.1) is 0 Å². The van der Waals surface area contributed by atoms with E-state index in [-0.39, 0.29) is 11.7 Å². The molecule has 3 N–H and O–H groups in total. The number of nitrogens with two attached hydrogens (primary N) is 1. The van der Waals surface area contributed by atoms with Crippen molar-refractivity contribution in [2.24, 2.45) is 5.84 Å². The number of unbranched alkanes of at least 4 members (excludes halogenated alkanes) is 1. The molecule has 6 nitrogen and oxygen atoms in total. The van der Waals surface area contributed by atoms with Gasteiger partial charge in [0.25, 0.3) is 0 Å². The predicted octanol–water partition coefficient (Wildman–Crippen LogP) is -0.818. The minimum absolute atomic E-state index is 0.209. The molecule has 0 atom stereocenters. The molecule has 0 spiro atoms. The van der Waals surface area contributed by atoms with Gasteiger partial charge in [-0.25, -0.2) is 18.6 Å². The average Bonchev–Trinajstić information content (AvgIpc) is 2.52. The zero-order valence-electron chi connectivity index (χ0n) is 8.61. The van der Waals surface area contributed by atoms with Gasteiger partial charge in [-0.05, 0) is 19.3 Å². The number of carbonyl (C=O) groups is 1. The van der Waals surface area contributed by atoms with Crippen molar-refractivity contribution in [3.63, 3.8) is 0 Å². The lowest BCUT2D eigenvalue weighted by Crippen LogP contribution is -2.30. The summed E-state index contributed by atoms with van der Waals surface area (Å²) in [6, 6.07) is 0. The zero-order valence-corrected chi connectivity index (χ0v) is 9.42. The van der Waals surface area contributed by atoms with E-state index in [4.69, 9.17) is 5.84 Å². The van der Waals surface area contributed by atoms with Crippen molar-refractivity contribution in [1.29, 1.82) is 0 Å². The van der Waals surface area contributed by atoms with E-state index in [1.807, 2.05) is 5.43 Å². The molecule has 0 aromatic heterocycles. The van der Waals surface area contributed by atoms with E-state index < -0.39 is 10.0 Å². The summed E-state index contributed by atoms with van der Waals surface area (Å²) in [5, 5.41) is 0. The predicted molar refractivity (Wildman–Crippen MR) is 56.2 cm³/mol. The standard InChI is InChI=1S/C8H17N3O3S/c9-10-8(12)4-1-2-5-11-6-3-7-15(11,13)14/h1-7,9H2,(H,10,12). The summed E-state index contributed by atoms with van der Waals surface area (Å²) < 4.78 is 24.2. The molecule has 1 saturated heterocycles. The first kappa shape index (κ1) is 12.4. The Kier molecular flexibility index (Phi) is 4.49. The molecular formula is C8H17N3O3S. The van der Waals surface area contributed by atoms with Crippen LogP contribution in [0.4, 0.5) is 0 Å². The maximum Gasteiger partial charge on any atom is 0.233 e. The van der Waals surface area contributed by atoms with Crippen molar-refractivity contribution in [3.05, 3.63) is 0 Å². The van der Waals surface area contributed by atoms with Gasteiger partial charge in [0.1, 0.15) is 0 Å². The van der Waals surface area contributed by atoms with Gasteiger partial charge in [0, 0.05) is 19.5 Å². The largest absolute Gasteiger partial charge is 0.294 e. The molecule has 1 heterocycles. The van der Waals surface area contributed by atoms with Crippen LogP contribution in [0.3, 0.4) is 0 Å². The molecule has 1 rings (SSSR count). The summed E-state index contributed by atoms with van der Waals surface area (Å²) in [7, 11) is -2.99. The Labute approximate surface area is 89.8 Å². The van der Waals surface area contributed by atoms with Crippen LogP contribution in [-0.4, -0.2) is 37.5 Å².